The molecule has 0 radical (unpaired) electrons. The summed E-state index contributed by atoms with van der Waals surface area (Å²) in [5.41, 5.74) is 0. The van der Waals surface area contributed by atoms with Crippen molar-refractivity contribution in [3.63, 3.8) is 0 Å². The van der Waals surface area contributed by atoms with Gasteiger partial charge in [-0.25, -0.2) is 0 Å². The van der Waals surface area contributed by atoms with Gasteiger partial charge >= 0.3 is 5.97 Å². The first-order valence-electron chi connectivity index (χ1n) is 7.54. The number of carboxylic acids is 1. The van der Waals surface area contributed by atoms with Crippen LogP contribution in [0.4, 0.5) is 0 Å². The Morgan fingerprint density at radius 1 is 1.38 bits per heavy atom. The summed E-state index contributed by atoms with van der Waals surface area (Å²) in [7, 11) is -3.73. The van der Waals surface area contributed by atoms with Crippen molar-refractivity contribution in [2.75, 3.05) is 32.8 Å². The number of rotatable bonds is 6. The van der Waals surface area contributed by atoms with E-state index >= 15 is 0 Å². The van der Waals surface area contributed by atoms with E-state index in [1.807, 2.05) is 0 Å². The Balaban J connectivity index is 2.14. The quantitative estimate of drug-likeness (QED) is 0.771. The monoisotopic (exact) mass is 320 g/mol. The Morgan fingerprint density at radius 3 is 2.71 bits per heavy atom. The fourth-order valence-electron chi connectivity index (χ4n) is 2.98. The molecule has 0 saturated carbocycles. The SMILES string of the molecule is CCN(CC1CCOC1)S(=O)(=O)N1CCCCC1C(=O)O. The Bertz CT molecular complexity index is 461. The highest BCUT2D eigenvalue weighted by molar-refractivity contribution is 7.86. The molecule has 1 N–H and O–H groups in total. The molecule has 2 heterocycles. The second-order valence-corrected chi connectivity index (χ2v) is 7.53. The molecule has 122 valence electrons. The summed E-state index contributed by atoms with van der Waals surface area (Å²) in [5.74, 6) is -0.855. The van der Waals surface area contributed by atoms with Crippen LogP contribution in [0.25, 0.3) is 0 Å². The normalized spacial score (nSPS) is 28.1. The Hall–Kier alpha value is -0.700. The van der Waals surface area contributed by atoms with Crippen LogP contribution in [0.5, 0.6) is 0 Å². The number of hydrogen-bond acceptors (Lipinski definition) is 4. The van der Waals surface area contributed by atoms with Gasteiger partial charge in [-0.05, 0) is 31.6 Å². The highest BCUT2D eigenvalue weighted by Gasteiger charge is 2.40. The number of piperidine rings is 1. The second kappa shape index (κ2) is 7.04. The van der Waals surface area contributed by atoms with Crippen LogP contribution in [0.3, 0.4) is 0 Å². The number of carbonyl (C=O) groups is 1. The van der Waals surface area contributed by atoms with Gasteiger partial charge in [-0.15, -0.1) is 0 Å². The average Bonchev–Trinajstić information content (AvgIpc) is 2.97. The molecule has 0 aromatic carbocycles. The first-order valence-corrected chi connectivity index (χ1v) is 8.94. The molecule has 8 heteroatoms. The molecule has 2 aliphatic heterocycles. The van der Waals surface area contributed by atoms with E-state index in [1.54, 1.807) is 6.92 Å². The van der Waals surface area contributed by atoms with Crippen LogP contribution < -0.4 is 0 Å². The molecular weight excluding hydrogens is 296 g/mol. The van der Waals surface area contributed by atoms with Gasteiger partial charge < -0.3 is 9.84 Å². The summed E-state index contributed by atoms with van der Waals surface area (Å²) in [6.07, 6.45) is 2.71. The van der Waals surface area contributed by atoms with Gasteiger partial charge in [0.25, 0.3) is 10.2 Å². The topological polar surface area (TPSA) is 87.2 Å². The van der Waals surface area contributed by atoms with E-state index in [9.17, 15) is 18.3 Å². The van der Waals surface area contributed by atoms with Gasteiger partial charge in [-0.3, -0.25) is 4.79 Å². The van der Waals surface area contributed by atoms with Crippen molar-refractivity contribution in [1.29, 1.82) is 0 Å². The maximum absolute atomic E-state index is 12.8. The van der Waals surface area contributed by atoms with Crippen LogP contribution >= 0.6 is 0 Å². The maximum atomic E-state index is 12.8. The predicted molar refractivity (Wildman–Crippen MR) is 77.1 cm³/mol. The van der Waals surface area contributed by atoms with E-state index < -0.39 is 22.2 Å². The highest BCUT2D eigenvalue weighted by atomic mass is 32.2. The Labute approximate surface area is 126 Å². The molecular formula is C13H24N2O5S. The van der Waals surface area contributed by atoms with Crippen LogP contribution in [-0.4, -0.2) is 67.0 Å². The fraction of sp³-hybridized carbons (Fsp3) is 0.923. The van der Waals surface area contributed by atoms with Gasteiger partial charge in [-0.1, -0.05) is 6.92 Å². The smallest absolute Gasteiger partial charge is 0.322 e. The average molecular weight is 320 g/mol. The lowest BCUT2D eigenvalue weighted by Gasteiger charge is -2.36. The third-order valence-corrected chi connectivity index (χ3v) is 6.29. The second-order valence-electron chi connectivity index (χ2n) is 5.65. The van der Waals surface area contributed by atoms with Crippen molar-refractivity contribution in [3.8, 4) is 0 Å². The lowest BCUT2D eigenvalue weighted by atomic mass is 10.1. The van der Waals surface area contributed by atoms with Crippen LogP contribution in [-0.2, 0) is 19.7 Å². The zero-order valence-corrected chi connectivity index (χ0v) is 13.2. The highest BCUT2D eigenvalue weighted by Crippen LogP contribution is 2.24. The molecule has 2 unspecified atom stereocenters. The number of aliphatic carboxylic acids is 1. The molecule has 0 aliphatic carbocycles. The molecule has 2 saturated heterocycles. The van der Waals surface area contributed by atoms with Crippen molar-refractivity contribution in [3.05, 3.63) is 0 Å². The van der Waals surface area contributed by atoms with Crippen LogP contribution in [0.1, 0.15) is 32.6 Å². The minimum Gasteiger partial charge on any atom is -0.480 e. The molecule has 2 atom stereocenters. The van der Waals surface area contributed by atoms with Gasteiger partial charge in [0.15, 0.2) is 0 Å². The standard InChI is InChI=1S/C13H24N2O5S/c1-2-14(9-11-6-8-20-10-11)21(18,19)15-7-4-3-5-12(15)13(16)17/h11-12H,2-10H2,1H3,(H,16,17). The van der Waals surface area contributed by atoms with Gasteiger partial charge in [0.2, 0.25) is 0 Å². The third-order valence-electron chi connectivity index (χ3n) is 4.20. The summed E-state index contributed by atoms with van der Waals surface area (Å²) in [6, 6.07) is -0.933. The van der Waals surface area contributed by atoms with E-state index in [2.05, 4.69) is 0 Å². The molecule has 2 rings (SSSR count). The minimum atomic E-state index is -3.73. The van der Waals surface area contributed by atoms with E-state index in [0.717, 1.165) is 17.1 Å². The van der Waals surface area contributed by atoms with Gasteiger partial charge in [-0.2, -0.15) is 17.0 Å². The van der Waals surface area contributed by atoms with Gasteiger partial charge in [0.1, 0.15) is 6.04 Å². The minimum absolute atomic E-state index is 0.202. The first kappa shape index (κ1) is 16.7. The molecule has 0 amide bonds. The number of carboxylic acid groups (broad SMARTS) is 1. The largest absolute Gasteiger partial charge is 0.480 e. The first-order chi connectivity index (χ1) is 9.96. The summed E-state index contributed by atoms with van der Waals surface area (Å²) >= 11 is 0. The molecule has 2 aliphatic rings. The van der Waals surface area contributed by atoms with E-state index in [0.29, 0.717) is 39.1 Å². The molecule has 21 heavy (non-hydrogen) atoms. The molecule has 0 aromatic heterocycles. The van der Waals surface area contributed by atoms with Crippen LogP contribution in [0.15, 0.2) is 0 Å². The number of hydrogen-bond donors (Lipinski definition) is 1. The van der Waals surface area contributed by atoms with Gasteiger partial charge in [0, 0.05) is 26.2 Å². The van der Waals surface area contributed by atoms with Crippen LogP contribution in [0, 0.1) is 5.92 Å². The van der Waals surface area contributed by atoms with Crippen molar-refractivity contribution in [2.24, 2.45) is 5.92 Å². The van der Waals surface area contributed by atoms with Crippen molar-refractivity contribution < 1.29 is 23.1 Å². The number of ether oxygens (including phenoxy) is 1. The molecule has 0 bridgehead atoms. The Morgan fingerprint density at radius 2 is 2.14 bits per heavy atom. The van der Waals surface area contributed by atoms with E-state index in [-0.39, 0.29) is 12.5 Å². The zero-order chi connectivity index (χ0) is 15.5. The fourth-order valence-corrected chi connectivity index (χ4v) is 4.88. The van der Waals surface area contributed by atoms with E-state index in [4.69, 9.17) is 4.74 Å². The van der Waals surface area contributed by atoms with Crippen molar-refractivity contribution >= 4 is 16.2 Å². The lowest BCUT2D eigenvalue weighted by molar-refractivity contribution is -0.142. The van der Waals surface area contributed by atoms with Crippen LogP contribution in [0.2, 0.25) is 0 Å². The summed E-state index contributed by atoms with van der Waals surface area (Å²) in [5, 5.41) is 9.27. The maximum Gasteiger partial charge on any atom is 0.322 e. The third kappa shape index (κ3) is 3.74. The van der Waals surface area contributed by atoms with Gasteiger partial charge in [0.05, 0.1) is 6.61 Å². The number of nitrogens with zero attached hydrogens (tertiary/aromatic N) is 2. The van der Waals surface area contributed by atoms with E-state index in [1.165, 1.54) is 4.31 Å². The zero-order valence-electron chi connectivity index (χ0n) is 12.4. The molecule has 2 fully saturated rings. The summed E-state index contributed by atoms with van der Waals surface area (Å²) in [6.45, 7) is 4.07. The summed E-state index contributed by atoms with van der Waals surface area (Å²) < 4.78 is 33.4. The predicted octanol–water partition coefficient (Wildman–Crippen LogP) is 0.529. The molecule has 0 spiro atoms. The van der Waals surface area contributed by atoms with Crippen molar-refractivity contribution in [2.45, 2.75) is 38.6 Å². The molecule has 7 nitrogen and oxygen atoms in total. The van der Waals surface area contributed by atoms with Crippen molar-refractivity contribution in [1.82, 2.24) is 8.61 Å². The lowest BCUT2D eigenvalue weighted by Crippen LogP contribution is -2.54. The molecule has 0 aromatic rings. The Kier molecular flexibility index (Phi) is 5.59. The summed E-state index contributed by atoms with van der Waals surface area (Å²) in [4.78, 5) is 11.3.